The fraction of sp³-hybridized carbons (Fsp3) is 0.308. The Bertz CT molecular complexity index is 1200. The average molecular weight is 382 g/mol. The number of aromatic nitrogens is 2. The van der Waals surface area contributed by atoms with Gasteiger partial charge in [-0.05, 0) is 59.2 Å². The van der Waals surface area contributed by atoms with Crippen molar-refractivity contribution in [2.45, 2.75) is 39.0 Å². The highest BCUT2D eigenvalue weighted by Crippen LogP contribution is 2.38. The third-order valence-corrected chi connectivity index (χ3v) is 6.05. The smallest absolute Gasteiger partial charge is 0.0970 e. The van der Waals surface area contributed by atoms with Crippen molar-refractivity contribution in [3.05, 3.63) is 66.5 Å². The summed E-state index contributed by atoms with van der Waals surface area (Å²) >= 11 is 0. The highest BCUT2D eigenvalue weighted by atomic mass is 15.1. The highest BCUT2D eigenvalue weighted by molar-refractivity contribution is 6.08. The van der Waals surface area contributed by atoms with E-state index in [0.717, 1.165) is 34.9 Å². The van der Waals surface area contributed by atoms with Gasteiger partial charge in [-0.25, -0.2) is 0 Å². The van der Waals surface area contributed by atoms with E-state index in [-0.39, 0.29) is 5.41 Å². The minimum absolute atomic E-state index is 0.0883. The van der Waals surface area contributed by atoms with E-state index in [1.807, 2.05) is 18.5 Å². The second-order valence-corrected chi connectivity index (χ2v) is 9.07. The Hall–Kier alpha value is -2.94. The number of fused-ring (bicyclic) bond motifs is 3. The van der Waals surface area contributed by atoms with Crippen LogP contribution in [0.5, 0.6) is 0 Å². The van der Waals surface area contributed by atoms with E-state index in [9.17, 15) is 0 Å². The molecule has 3 nitrogen and oxygen atoms in total. The van der Waals surface area contributed by atoms with Crippen molar-refractivity contribution in [2.75, 3.05) is 18.0 Å². The van der Waals surface area contributed by atoms with Crippen LogP contribution in [0.2, 0.25) is 0 Å². The van der Waals surface area contributed by atoms with Crippen LogP contribution < -0.4 is 4.90 Å². The maximum absolute atomic E-state index is 4.68. The zero-order valence-corrected chi connectivity index (χ0v) is 17.4. The molecular formula is C26H27N3. The van der Waals surface area contributed by atoms with Gasteiger partial charge in [0.1, 0.15) is 0 Å². The number of pyridine rings is 2. The van der Waals surface area contributed by atoms with Crippen molar-refractivity contribution in [3.8, 4) is 11.1 Å². The molecule has 1 saturated heterocycles. The molecule has 29 heavy (non-hydrogen) atoms. The Morgan fingerprint density at radius 1 is 0.828 bits per heavy atom. The summed E-state index contributed by atoms with van der Waals surface area (Å²) < 4.78 is 0. The van der Waals surface area contributed by atoms with Crippen molar-refractivity contribution < 1.29 is 0 Å². The molecule has 0 radical (unpaired) electrons. The fourth-order valence-electron chi connectivity index (χ4n) is 4.54. The Morgan fingerprint density at radius 3 is 2.41 bits per heavy atom. The Kier molecular flexibility index (Phi) is 4.27. The van der Waals surface area contributed by atoms with Gasteiger partial charge in [0, 0.05) is 41.9 Å². The first-order valence-electron chi connectivity index (χ1n) is 10.5. The Morgan fingerprint density at radius 2 is 1.62 bits per heavy atom. The molecule has 5 rings (SSSR count). The second kappa shape index (κ2) is 6.84. The van der Waals surface area contributed by atoms with Crippen molar-refractivity contribution in [1.82, 2.24) is 9.97 Å². The number of anilines is 1. The molecule has 2 aromatic carbocycles. The zero-order valence-electron chi connectivity index (χ0n) is 17.4. The highest BCUT2D eigenvalue weighted by Gasteiger charge is 2.24. The van der Waals surface area contributed by atoms with Crippen LogP contribution in [0.3, 0.4) is 0 Å². The third kappa shape index (κ3) is 3.15. The predicted molar refractivity (Wildman–Crippen MR) is 123 cm³/mol. The molecule has 0 unspecified atom stereocenters. The second-order valence-electron chi connectivity index (χ2n) is 9.07. The van der Waals surface area contributed by atoms with E-state index in [2.05, 4.69) is 78.1 Å². The maximum Gasteiger partial charge on any atom is 0.0970 e. The molecule has 2 aromatic heterocycles. The molecule has 146 valence electrons. The van der Waals surface area contributed by atoms with E-state index in [4.69, 9.17) is 0 Å². The van der Waals surface area contributed by atoms with Crippen molar-refractivity contribution in [3.63, 3.8) is 0 Å². The number of hydrogen-bond donors (Lipinski definition) is 0. The lowest BCUT2D eigenvalue weighted by molar-refractivity contribution is 0.589. The first-order chi connectivity index (χ1) is 14.0. The van der Waals surface area contributed by atoms with Crippen LogP contribution in [0, 0.1) is 0 Å². The average Bonchev–Trinajstić information content (AvgIpc) is 3.27. The number of rotatable bonds is 2. The fourth-order valence-corrected chi connectivity index (χ4v) is 4.54. The molecule has 3 heterocycles. The van der Waals surface area contributed by atoms with Gasteiger partial charge in [-0.2, -0.15) is 0 Å². The van der Waals surface area contributed by atoms with Crippen LogP contribution >= 0.6 is 0 Å². The summed E-state index contributed by atoms with van der Waals surface area (Å²) in [4.78, 5) is 11.8. The van der Waals surface area contributed by atoms with E-state index < -0.39 is 0 Å². The van der Waals surface area contributed by atoms with Crippen LogP contribution in [0.25, 0.3) is 32.9 Å². The number of hydrogen-bond acceptors (Lipinski definition) is 3. The van der Waals surface area contributed by atoms with E-state index in [1.165, 1.54) is 35.2 Å². The first kappa shape index (κ1) is 18.1. The minimum Gasteiger partial charge on any atom is -0.371 e. The van der Waals surface area contributed by atoms with Gasteiger partial charge >= 0.3 is 0 Å². The Balaban J connectivity index is 1.71. The summed E-state index contributed by atoms with van der Waals surface area (Å²) in [5.41, 5.74) is 7.31. The lowest BCUT2D eigenvalue weighted by Gasteiger charge is -2.29. The molecule has 0 atom stereocenters. The van der Waals surface area contributed by atoms with Gasteiger partial charge in [0.2, 0.25) is 0 Å². The molecule has 0 saturated carbocycles. The molecule has 1 aliphatic rings. The molecule has 0 N–H and O–H groups in total. The van der Waals surface area contributed by atoms with Gasteiger partial charge < -0.3 is 4.90 Å². The summed E-state index contributed by atoms with van der Waals surface area (Å²) in [5, 5.41) is 2.29. The lowest BCUT2D eigenvalue weighted by atomic mass is 9.83. The van der Waals surface area contributed by atoms with Crippen LogP contribution in [0.15, 0.2) is 60.9 Å². The molecule has 4 aromatic rings. The van der Waals surface area contributed by atoms with Gasteiger partial charge in [0.15, 0.2) is 0 Å². The molecule has 0 amide bonds. The van der Waals surface area contributed by atoms with Crippen LogP contribution in [0.4, 0.5) is 5.69 Å². The number of benzene rings is 2. The standard InChI is InChI=1S/C26H27N3/c1-26(2,3)22-17-19(9-11-23(22)29-15-4-5-16-29)20-12-14-28-25-21(20)10-8-18-7-6-13-27-24(18)25/h6-14,17H,4-5,15-16H2,1-3H3. The summed E-state index contributed by atoms with van der Waals surface area (Å²) in [6.07, 6.45) is 6.34. The topological polar surface area (TPSA) is 29.0 Å². The first-order valence-corrected chi connectivity index (χ1v) is 10.5. The molecule has 1 aliphatic heterocycles. The van der Waals surface area contributed by atoms with Crippen molar-refractivity contribution in [2.24, 2.45) is 0 Å². The van der Waals surface area contributed by atoms with Gasteiger partial charge in [0.25, 0.3) is 0 Å². The van der Waals surface area contributed by atoms with Crippen LogP contribution in [-0.4, -0.2) is 23.1 Å². The molecule has 1 fully saturated rings. The van der Waals surface area contributed by atoms with E-state index in [0.29, 0.717) is 0 Å². The summed E-state index contributed by atoms with van der Waals surface area (Å²) in [6, 6.07) is 17.5. The quantitative estimate of drug-likeness (QED) is 0.379. The molecular weight excluding hydrogens is 354 g/mol. The van der Waals surface area contributed by atoms with Gasteiger partial charge in [-0.1, -0.05) is 45.0 Å². The Labute approximate surface area is 172 Å². The van der Waals surface area contributed by atoms with Crippen LogP contribution in [0.1, 0.15) is 39.2 Å². The summed E-state index contributed by atoms with van der Waals surface area (Å²) in [5.74, 6) is 0. The largest absolute Gasteiger partial charge is 0.371 e. The zero-order chi connectivity index (χ0) is 20.0. The minimum atomic E-state index is 0.0883. The van der Waals surface area contributed by atoms with Gasteiger partial charge in [-0.3, -0.25) is 9.97 Å². The lowest BCUT2D eigenvalue weighted by Crippen LogP contribution is -2.23. The number of nitrogens with zero attached hydrogens (tertiary/aromatic N) is 3. The molecule has 0 bridgehead atoms. The maximum atomic E-state index is 4.68. The summed E-state index contributed by atoms with van der Waals surface area (Å²) in [7, 11) is 0. The van der Waals surface area contributed by atoms with Crippen molar-refractivity contribution >= 4 is 27.5 Å². The van der Waals surface area contributed by atoms with Gasteiger partial charge in [-0.15, -0.1) is 0 Å². The van der Waals surface area contributed by atoms with Gasteiger partial charge in [0.05, 0.1) is 11.0 Å². The normalized spacial score (nSPS) is 14.8. The monoisotopic (exact) mass is 381 g/mol. The molecule has 0 spiro atoms. The predicted octanol–water partition coefficient (Wildman–Crippen LogP) is 6.35. The van der Waals surface area contributed by atoms with E-state index >= 15 is 0 Å². The molecule has 0 aliphatic carbocycles. The van der Waals surface area contributed by atoms with E-state index in [1.54, 1.807) is 0 Å². The molecule has 3 heteroatoms. The van der Waals surface area contributed by atoms with Crippen molar-refractivity contribution in [1.29, 1.82) is 0 Å². The van der Waals surface area contributed by atoms with Crippen LogP contribution in [-0.2, 0) is 5.41 Å². The summed E-state index contributed by atoms with van der Waals surface area (Å²) in [6.45, 7) is 9.27. The third-order valence-electron chi connectivity index (χ3n) is 6.05. The SMILES string of the molecule is CC(C)(C)c1cc(-c2ccnc3c2ccc2cccnc23)ccc1N1CCCC1.